The van der Waals surface area contributed by atoms with Crippen molar-refractivity contribution in [2.75, 3.05) is 53.5 Å². The first-order chi connectivity index (χ1) is 13.1. The van der Waals surface area contributed by atoms with Crippen LogP contribution in [0.15, 0.2) is 22.5 Å². The molecule has 7 nitrogen and oxygen atoms in total. The normalized spacial score (nSPS) is 17.5. The van der Waals surface area contributed by atoms with Crippen LogP contribution in [0.3, 0.4) is 0 Å². The van der Waals surface area contributed by atoms with Gasteiger partial charge in [-0.15, -0.1) is 11.3 Å². The van der Waals surface area contributed by atoms with Crippen LogP contribution in [0.5, 0.6) is 0 Å². The van der Waals surface area contributed by atoms with E-state index >= 15 is 0 Å². The molecule has 8 heteroatoms. The van der Waals surface area contributed by atoms with Crippen LogP contribution in [0.4, 0.5) is 0 Å². The lowest BCUT2D eigenvalue weighted by Gasteiger charge is -2.36. The van der Waals surface area contributed by atoms with E-state index < -0.39 is 0 Å². The molecule has 1 amide bonds. The number of nitrogens with zero attached hydrogens (tertiary/aromatic N) is 2. The van der Waals surface area contributed by atoms with E-state index in [1.54, 1.807) is 25.5 Å². The molecule has 1 saturated heterocycles. The molecular weight excluding hydrogens is 362 g/mol. The summed E-state index contributed by atoms with van der Waals surface area (Å²) in [7, 11) is 3.34. The minimum atomic E-state index is -0.0742. The molecule has 0 radical (unpaired) electrons. The number of guanidine groups is 1. The first-order valence-corrected chi connectivity index (χ1v) is 10.5. The number of aliphatic imine (C=N–C) groups is 1. The molecule has 1 aromatic heterocycles. The molecule has 0 aromatic carbocycles. The predicted octanol–water partition coefficient (Wildman–Crippen LogP) is 1.45. The quantitative estimate of drug-likeness (QED) is 0.335. The number of rotatable bonds is 9. The Balaban J connectivity index is 1.84. The number of carbonyl (C=O) groups excluding carboxylic acids is 1. The fraction of sp³-hybridized carbons (Fsp3) is 0.684. The van der Waals surface area contributed by atoms with Crippen molar-refractivity contribution in [1.82, 2.24) is 20.9 Å². The highest BCUT2D eigenvalue weighted by Crippen LogP contribution is 2.28. The van der Waals surface area contributed by atoms with E-state index in [9.17, 15) is 4.79 Å². The molecule has 0 bridgehead atoms. The second-order valence-electron chi connectivity index (χ2n) is 6.90. The molecule has 1 atom stereocenters. The molecular formula is C19H33N5O2S. The molecule has 152 valence electrons. The van der Waals surface area contributed by atoms with E-state index in [0.29, 0.717) is 25.2 Å². The molecule has 2 heterocycles. The van der Waals surface area contributed by atoms with Gasteiger partial charge in [0.15, 0.2) is 5.96 Å². The number of nitrogens with one attached hydrogen (secondary N) is 3. The summed E-state index contributed by atoms with van der Waals surface area (Å²) in [6.45, 7) is 6.55. The van der Waals surface area contributed by atoms with E-state index in [1.165, 1.54) is 17.7 Å². The lowest BCUT2D eigenvalue weighted by atomic mass is 9.97. The van der Waals surface area contributed by atoms with Crippen LogP contribution in [0, 0.1) is 5.92 Å². The standard InChI is InChI=1S/C19H33N5O2S/c1-15-6-9-24(10-7-15)16(17-5-4-12-27-17)13-22-19(20-2)23-14-18(25)21-8-11-26-3/h4-5,12,15-16H,6-11,13-14H2,1-3H3,(H,21,25)(H2,20,22,23). The van der Waals surface area contributed by atoms with Gasteiger partial charge < -0.3 is 20.7 Å². The molecule has 3 N–H and O–H groups in total. The Kier molecular flexibility index (Phi) is 9.58. The molecule has 1 aliphatic heterocycles. The van der Waals surface area contributed by atoms with Crippen LogP contribution in [0.2, 0.25) is 0 Å². The Morgan fingerprint density at radius 3 is 2.78 bits per heavy atom. The van der Waals surface area contributed by atoms with Crippen molar-refractivity contribution >= 4 is 23.2 Å². The summed E-state index contributed by atoms with van der Waals surface area (Å²) < 4.78 is 4.93. The second kappa shape index (κ2) is 11.9. The fourth-order valence-electron chi connectivity index (χ4n) is 3.16. The molecule has 0 saturated carbocycles. The summed E-state index contributed by atoms with van der Waals surface area (Å²) in [4.78, 5) is 20.0. The summed E-state index contributed by atoms with van der Waals surface area (Å²) in [6.07, 6.45) is 2.49. The van der Waals surface area contributed by atoms with Gasteiger partial charge in [-0.3, -0.25) is 14.7 Å². The summed E-state index contributed by atoms with van der Waals surface area (Å²) >= 11 is 1.80. The molecule has 0 spiro atoms. The van der Waals surface area contributed by atoms with Crippen LogP contribution in [0.1, 0.15) is 30.7 Å². The number of piperidine rings is 1. The first-order valence-electron chi connectivity index (χ1n) is 9.61. The summed E-state index contributed by atoms with van der Waals surface area (Å²) in [6, 6.07) is 4.64. The molecule has 1 unspecified atom stereocenters. The minimum Gasteiger partial charge on any atom is -0.383 e. The summed E-state index contributed by atoms with van der Waals surface area (Å²) in [5.74, 6) is 1.38. The van der Waals surface area contributed by atoms with Gasteiger partial charge in [0.05, 0.1) is 19.2 Å². The number of carbonyl (C=O) groups is 1. The summed E-state index contributed by atoms with van der Waals surface area (Å²) in [5, 5.41) is 11.4. The average Bonchev–Trinajstić information content (AvgIpc) is 3.20. The number of methoxy groups -OCH3 is 1. The van der Waals surface area contributed by atoms with Crippen molar-refractivity contribution in [2.45, 2.75) is 25.8 Å². The monoisotopic (exact) mass is 395 g/mol. The molecule has 1 aromatic rings. The number of hydrogen-bond donors (Lipinski definition) is 3. The molecule has 0 aliphatic carbocycles. The largest absolute Gasteiger partial charge is 0.383 e. The number of hydrogen-bond acceptors (Lipinski definition) is 5. The van der Waals surface area contributed by atoms with Crippen molar-refractivity contribution in [1.29, 1.82) is 0 Å². The zero-order chi connectivity index (χ0) is 19.5. The highest BCUT2D eigenvalue weighted by Gasteiger charge is 2.25. The SMILES string of the molecule is CN=C(NCC(=O)NCCOC)NCC(c1cccs1)N1CCC(C)CC1. The third-order valence-corrected chi connectivity index (χ3v) is 5.84. The maximum absolute atomic E-state index is 11.8. The third kappa shape index (κ3) is 7.48. The maximum atomic E-state index is 11.8. The van der Waals surface area contributed by atoms with Crippen LogP contribution in [0.25, 0.3) is 0 Å². The molecule has 1 aliphatic rings. The van der Waals surface area contributed by atoms with Gasteiger partial charge in [-0.1, -0.05) is 13.0 Å². The van der Waals surface area contributed by atoms with Crippen LogP contribution >= 0.6 is 11.3 Å². The van der Waals surface area contributed by atoms with Crippen LogP contribution < -0.4 is 16.0 Å². The second-order valence-corrected chi connectivity index (χ2v) is 7.88. The summed E-state index contributed by atoms with van der Waals surface area (Å²) in [5.41, 5.74) is 0. The Hall–Kier alpha value is -1.64. The van der Waals surface area contributed by atoms with Crippen molar-refractivity contribution in [3.63, 3.8) is 0 Å². The van der Waals surface area contributed by atoms with Crippen molar-refractivity contribution < 1.29 is 9.53 Å². The van der Waals surface area contributed by atoms with E-state index in [4.69, 9.17) is 4.74 Å². The third-order valence-electron chi connectivity index (χ3n) is 4.86. The van der Waals surface area contributed by atoms with Gasteiger partial charge in [-0.2, -0.15) is 0 Å². The van der Waals surface area contributed by atoms with E-state index in [2.05, 4.69) is 50.3 Å². The highest BCUT2D eigenvalue weighted by molar-refractivity contribution is 7.10. The van der Waals surface area contributed by atoms with Crippen LogP contribution in [-0.2, 0) is 9.53 Å². The smallest absolute Gasteiger partial charge is 0.239 e. The topological polar surface area (TPSA) is 78.0 Å². The van der Waals surface area contributed by atoms with Gasteiger partial charge in [0.25, 0.3) is 0 Å². The zero-order valence-electron chi connectivity index (χ0n) is 16.7. The van der Waals surface area contributed by atoms with Crippen molar-refractivity contribution in [3.05, 3.63) is 22.4 Å². The molecule has 27 heavy (non-hydrogen) atoms. The molecule has 2 rings (SSSR count). The predicted molar refractivity (Wildman–Crippen MR) is 111 cm³/mol. The number of ether oxygens (including phenoxy) is 1. The maximum Gasteiger partial charge on any atom is 0.239 e. The number of amides is 1. The van der Waals surface area contributed by atoms with E-state index in [-0.39, 0.29) is 12.5 Å². The van der Waals surface area contributed by atoms with Crippen molar-refractivity contribution in [3.8, 4) is 0 Å². The fourth-order valence-corrected chi connectivity index (χ4v) is 4.02. The van der Waals surface area contributed by atoms with Crippen molar-refractivity contribution in [2.24, 2.45) is 10.9 Å². The lowest BCUT2D eigenvalue weighted by molar-refractivity contribution is -0.120. The Labute approximate surface area is 166 Å². The zero-order valence-corrected chi connectivity index (χ0v) is 17.5. The van der Waals surface area contributed by atoms with Gasteiger partial charge in [-0.05, 0) is 43.3 Å². The Morgan fingerprint density at radius 1 is 1.37 bits per heavy atom. The van der Waals surface area contributed by atoms with E-state index in [0.717, 1.165) is 25.6 Å². The highest BCUT2D eigenvalue weighted by atomic mass is 32.1. The van der Waals surface area contributed by atoms with Crippen LogP contribution in [-0.4, -0.2) is 70.3 Å². The lowest BCUT2D eigenvalue weighted by Crippen LogP contribution is -2.47. The Bertz CT molecular complexity index is 571. The minimum absolute atomic E-state index is 0.0742. The van der Waals surface area contributed by atoms with Gasteiger partial charge in [0.1, 0.15) is 0 Å². The van der Waals surface area contributed by atoms with E-state index in [1.807, 2.05) is 0 Å². The van der Waals surface area contributed by atoms with Gasteiger partial charge >= 0.3 is 0 Å². The van der Waals surface area contributed by atoms with Gasteiger partial charge in [0.2, 0.25) is 5.91 Å². The number of likely N-dealkylation sites (tertiary alicyclic amines) is 1. The van der Waals surface area contributed by atoms with Gasteiger partial charge in [-0.25, -0.2) is 0 Å². The first kappa shape index (κ1) is 21.7. The van der Waals surface area contributed by atoms with Gasteiger partial charge in [0, 0.05) is 32.1 Å². The Morgan fingerprint density at radius 2 is 2.15 bits per heavy atom. The molecule has 1 fully saturated rings. The average molecular weight is 396 g/mol. The number of thiophene rings is 1.